The van der Waals surface area contributed by atoms with E-state index in [1.807, 2.05) is 0 Å². The van der Waals surface area contributed by atoms with Crippen molar-refractivity contribution in [3.8, 4) is 6.07 Å². The number of rotatable bonds is 3. The zero-order valence-corrected chi connectivity index (χ0v) is 11.0. The predicted molar refractivity (Wildman–Crippen MR) is 73.1 cm³/mol. The highest BCUT2D eigenvalue weighted by Gasteiger charge is 2.24. The molecule has 0 spiro atoms. The average Bonchev–Trinajstić information content (AvgIpc) is 2.46. The fourth-order valence-corrected chi connectivity index (χ4v) is 2.72. The van der Waals surface area contributed by atoms with E-state index in [1.165, 1.54) is 18.6 Å². The molecule has 0 unspecified atom stereocenters. The monoisotopic (exact) mass is 259 g/mol. The zero-order valence-electron chi connectivity index (χ0n) is 11.0. The molecule has 1 aromatic carbocycles. The summed E-state index contributed by atoms with van der Waals surface area (Å²) in [5.74, 6) is 0. The third-order valence-electron chi connectivity index (χ3n) is 3.72. The SMILES string of the molecule is CC[C@@H]1CCCCN1c1ccc([N+](=O)[O-])cc1C#N. The van der Waals surface area contributed by atoms with Crippen molar-refractivity contribution in [1.29, 1.82) is 5.26 Å². The standard InChI is InChI=1S/C14H17N3O2/c1-2-12-5-3-4-8-16(12)14-7-6-13(17(18)19)9-11(14)10-15/h6-7,9,12H,2-5,8H2,1H3/t12-/m1/s1. The Bertz CT molecular complexity index is 522. The van der Waals surface area contributed by atoms with Crippen LogP contribution in [0.5, 0.6) is 0 Å². The fourth-order valence-electron chi connectivity index (χ4n) is 2.72. The molecule has 0 radical (unpaired) electrons. The maximum atomic E-state index is 10.8. The number of anilines is 1. The van der Waals surface area contributed by atoms with Gasteiger partial charge >= 0.3 is 0 Å². The van der Waals surface area contributed by atoms with Gasteiger partial charge in [0, 0.05) is 24.7 Å². The highest BCUT2D eigenvalue weighted by Crippen LogP contribution is 2.31. The van der Waals surface area contributed by atoms with Crippen molar-refractivity contribution >= 4 is 11.4 Å². The second kappa shape index (κ2) is 5.70. The third-order valence-corrected chi connectivity index (χ3v) is 3.72. The fraction of sp³-hybridized carbons (Fsp3) is 0.500. The van der Waals surface area contributed by atoms with E-state index in [2.05, 4.69) is 17.9 Å². The Morgan fingerprint density at radius 3 is 2.95 bits per heavy atom. The number of hydrogen-bond acceptors (Lipinski definition) is 4. The van der Waals surface area contributed by atoms with Gasteiger partial charge in [-0.05, 0) is 31.7 Å². The van der Waals surface area contributed by atoms with E-state index in [0.29, 0.717) is 11.6 Å². The van der Waals surface area contributed by atoms with Crippen LogP contribution in [0.15, 0.2) is 18.2 Å². The van der Waals surface area contributed by atoms with Crippen molar-refractivity contribution in [1.82, 2.24) is 0 Å². The second-order valence-corrected chi connectivity index (χ2v) is 4.82. The number of nitrogens with zero attached hydrogens (tertiary/aromatic N) is 3. The van der Waals surface area contributed by atoms with E-state index in [0.717, 1.165) is 31.5 Å². The van der Waals surface area contributed by atoms with Crippen LogP contribution in [0.4, 0.5) is 11.4 Å². The summed E-state index contributed by atoms with van der Waals surface area (Å²) in [4.78, 5) is 12.5. The lowest BCUT2D eigenvalue weighted by Gasteiger charge is -2.37. The van der Waals surface area contributed by atoms with Gasteiger partial charge in [0.25, 0.3) is 5.69 Å². The van der Waals surface area contributed by atoms with E-state index in [1.54, 1.807) is 6.07 Å². The number of hydrogen-bond donors (Lipinski definition) is 0. The maximum absolute atomic E-state index is 10.8. The summed E-state index contributed by atoms with van der Waals surface area (Å²) in [7, 11) is 0. The highest BCUT2D eigenvalue weighted by molar-refractivity contribution is 5.63. The number of benzene rings is 1. The molecule has 0 amide bonds. The van der Waals surface area contributed by atoms with Crippen LogP contribution in [-0.2, 0) is 0 Å². The first-order valence-corrected chi connectivity index (χ1v) is 6.62. The lowest BCUT2D eigenvalue weighted by atomic mass is 9.98. The summed E-state index contributed by atoms with van der Waals surface area (Å²) in [6.45, 7) is 3.06. The normalized spacial score (nSPS) is 18.9. The number of nitriles is 1. The summed E-state index contributed by atoms with van der Waals surface area (Å²) in [6, 6.07) is 7.09. The van der Waals surface area contributed by atoms with Gasteiger partial charge in [-0.1, -0.05) is 6.92 Å². The number of piperidine rings is 1. The summed E-state index contributed by atoms with van der Waals surface area (Å²) in [5, 5.41) is 20.0. The molecule has 19 heavy (non-hydrogen) atoms. The van der Waals surface area contributed by atoms with Crippen LogP contribution in [-0.4, -0.2) is 17.5 Å². The first kappa shape index (κ1) is 13.3. The molecule has 1 fully saturated rings. The van der Waals surface area contributed by atoms with Crippen LogP contribution >= 0.6 is 0 Å². The predicted octanol–water partition coefficient (Wildman–Crippen LogP) is 3.24. The molecule has 1 heterocycles. The van der Waals surface area contributed by atoms with Gasteiger partial charge in [-0.3, -0.25) is 10.1 Å². The molecule has 1 saturated heterocycles. The summed E-state index contributed by atoms with van der Waals surface area (Å²) in [5.41, 5.74) is 1.21. The van der Waals surface area contributed by atoms with Gasteiger partial charge in [0.1, 0.15) is 6.07 Å². The van der Waals surface area contributed by atoms with Gasteiger partial charge < -0.3 is 4.90 Å². The molecule has 5 heteroatoms. The molecule has 0 aromatic heterocycles. The zero-order chi connectivity index (χ0) is 13.8. The minimum atomic E-state index is -0.460. The molecule has 5 nitrogen and oxygen atoms in total. The smallest absolute Gasteiger partial charge is 0.270 e. The lowest BCUT2D eigenvalue weighted by Crippen LogP contribution is -2.39. The van der Waals surface area contributed by atoms with Crippen LogP contribution < -0.4 is 4.90 Å². The van der Waals surface area contributed by atoms with Crippen molar-refractivity contribution < 1.29 is 4.92 Å². The van der Waals surface area contributed by atoms with Crippen LogP contribution in [0.25, 0.3) is 0 Å². The quantitative estimate of drug-likeness (QED) is 0.617. The van der Waals surface area contributed by atoms with Gasteiger partial charge in [-0.15, -0.1) is 0 Å². The topological polar surface area (TPSA) is 70.2 Å². The Morgan fingerprint density at radius 1 is 1.53 bits per heavy atom. The van der Waals surface area contributed by atoms with E-state index < -0.39 is 4.92 Å². The van der Waals surface area contributed by atoms with E-state index in [4.69, 9.17) is 0 Å². The largest absolute Gasteiger partial charge is 0.367 e. The molecule has 0 N–H and O–H groups in total. The van der Waals surface area contributed by atoms with Gasteiger partial charge in [0.2, 0.25) is 0 Å². The van der Waals surface area contributed by atoms with Gasteiger partial charge in [0.05, 0.1) is 16.2 Å². The molecular weight excluding hydrogens is 242 g/mol. The Hall–Kier alpha value is -2.09. The molecule has 1 aromatic rings. The van der Waals surface area contributed by atoms with Crippen LogP contribution in [0.2, 0.25) is 0 Å². The van der Waals surface area contributed by atoms with E-state index in [9.17, 15) is 15.4 Å². The van der Waals surface area contributed by atoms with E-state index in [-0.39, 0.29) is 5.69 Å². The van der Waals surface area contributed by atoms with Crippen molar-refractivity contribution in [2.45, 2.75) is 38.6 Å². The molecule has 1 aliphatic heterocycles. The molecule has 100 valence electrons. The first-order valence-electron chi connectivity index (χ1n) is 6.62. The Balaban J connectivity index is 2.38. The molecule has 0 saturated carbocycles. The molecule has 1 atom stereocenters. The van der Waals surface area contributed by atoms with Crippen molar-refractivity contribution in [3.05, 3.63) is 33.9 Å². The third kappa shape index (κ3) is 2.68. The minimum Gasteiger partial charge on any atom is -0.367 e. The van der Waals surface area contributed by atoms with Gasteiger partial charge in [0.15, 0.2) is 0 Å². The molecule has 2 rings (SSSR count). The Morgan fingerprint density at radius 2 is 2.32 bits per heavy atom. The van der Waals surface area contributed by atoms with Crippen molar-refractivity contribution in [2.24, 2.45) is 0 Å². The second-order valence-electron chi connectivity index (χ2n) is 4.82. The van der Waals surface area contributed by atoms with E-state index >= 15 is 0 Å². The van der Waals surface area contributed by atoms with Crippen LogP contribution in [0.1, 0.15) is 38.2 Å². The number of nitro benzene ring substituents is 1. The number of non-ortho nitro benzene ring substituents is 1. The van der Waals surface area contributed by atoms with Crippen molar-refractivity contribution in [2.75, 3.05) is 11.4 Å². The Kier molecular flexibility index (Phi) is 4.00. The Labute approximate surface area is 112 Å². The molecular formula is C14H17N3O2. The minimum absolute atomic E-state index is 0.0228. The van der Waals surface area contributed by atoms with Crippen LogP contribution in [0, 0.1) is 21.4 Å². The lowest BCUT2D eigenvalue weighted by molar-refractivity contribution is -0.384. The number of nitro groups is 1. The summed E-state index contributed by atoms with van der Waals surface area (Å²) < 4.78 is 0. The van der Waals surface area contributed by atoms with Gasteiger partial charge in [-0.25, -0.2) is 0 Å². The molecule has 0 aliphatic carbocycles. The van der Waals surface area contributed by atoms with Gasteiger partial charge in [-0.2, -0.15) is 5.26 Å². The maximum Gasteiger partial charge on any atom is 0.270 e. The first-order chi connectivity index (χ1) is 9.17. The molecule has 1 aliphatic rings. The highest BCUT2D eigenvalue weighted by atomic mass is 16.6. The van der Waals surface area contributed by atoms with Crippen LogP contribution in [0.3, 0.4) is 0 Å². The summed E-state index contributed by atoms with van der Waals surface area (Å²) in [6.07, 6.45) is 4.47. The summed E-state index contributed by atoms with van der Waals surface area (Å²) >= 11 is 0. The van der Waals surface area contributed by atoms with Crippen molar-refractivity contribution in [3.63, 3.8) is 0 Å². The average molecular weight is 259 g/mol. The molecule has 0 bridgehead atoms.